The van der Waals surface area contributed by atoms with Gasteiger partial charge in [0.1, 0.15) is 0 Å². The second-order valence-electron chi connectivity index (χ2n) is 4.86. The summed E-state index contributed by atoms with van der Waals surface area (Å²) >= 11 is 3.66. The minimum absolute atomic E-state index is 0.134. The smallest absolute Gasteiger partial charge is 0.234 e. The van der Waals surface area contributed by atoms with Crippen molar-refractivity contribution in [2.75, 3.05) is 17.3 Å². The summed E-state index contributed by atoms with van der Waals surface area (Å²) in [7, 11) is 0. The summed E-state index contributed by atoms with van der Waals surface area (Å²) in [5.41, 5.74) is 3.95. The van der Waals surface area contributed by atoms with E-state index in [2.05, 4.69) is 28.8 Å². The Bertz CT molecular complexity index is 473. The molecule has 0 bridgehead atoms. The normalized spacial score (nSPS) is 22.0. The maximum atomic E-state index is 12.0. The van der Waals surface area contributed by atoms with Gasteiger partial charge in [-0.2, -0.15) is 11.8 Å². The summed E-state index contributed by atoms with van der Waals surface area (Å²) in [6.45, 7) is 2.57. The minimum Gasteiger partial charge on any atom is -0.351 e. The lowest BCUT2D eigenvalue weighted by Crippen LogP contribution is -2.35. The van der Waals surface area contributed by atoms with Gasteiger partial charge < -0.3 is 10.6 Å². The molecule has 2 aliphatic rings. The lowest BCUT2D eigenvalue weighted by Gasteiger charge is -2.20. The zero-order valence-corrected chi connectivity index (χ0v) is 12.4. The van der Waals surface area contributed by atoms with Gasteiger partial charge in [0.05, 0.1) is 5.25 Å². The van der Waals surface area contributed by atoms with Crippen LogP contribution in [0.25, 0.3) is 0 Å². The number of fused-ring (bicyclic) bond motifs is 1. The fourth-order valence-corrected chi connectivity index (χ4v) is 4.98. The number of thioether (sulfide) groups is 2. The highest BCUT2D eigenvalue weighted by atomic mass is 32.2. The molecule has 3 nitrogen and oxygen atoms in total. The van der Waals surface area contributed by atoms with Crippen molar-refractivity contribution < 1.29 is 4.79 Å². The number of nitrogens with one attached hydrogen (secondary N) is 2. The highest BCUT2D eigenvalue weighted by Gasteiger charge is 2.21. The number of amides is 1. The van der Waals surface area contributed by atoms with Crippen LogP contribution in [0.3, 0.4) is 0 Å². The van der Waals surface area contributed by atoms with E-state index in [1.54, 1.807) is 11.8 Å². The molecule has 2 N–H and O–H groups in total. The van der Waals surface area contributed by atoms with Crippen LogP contribution in [0, 0.1) is 0 Å². The Morgan fingerprint density at radius 1 is 1.32 bits per heavy atom. The van der Waals surface area contributed by atoms with Crippen molar-refractivity contribution in [3.8, 4) is 0 Å². The lowest BCUT2D eigenvalue weighted by molar-refractivity contribution is -0.120. The first-order valence-electron chi connectivity index (χ1n) is 6.61. The predicted octanol–water partition coefficient (Wildman–Crippen LogP) is 1.75. The third-order valence-electron chi connectivity index (χ3n) is 3.48. The van der Waals surface area contributed by atoms with Crippen LogP contribution in [0.4, 0.5) is 0 Å². The van der Waals surface area contributed by atoms with Gasteiger partial charge in [-0.3, -0.25) is 4.79 Å². The Morgan fingerprint density at radius 2 is 2.21 bits per heavy atom. The van der Waals surface area contributed by atoms with Gasteiger partial charge in [-0.15, -0.1) is 11.8 Å². The van der Waals surface area contributed by atoms with Crippen molar-refractivity contribution in [3.05, 3.63) is 34.9 Å². The largest absolute Gasteiger partial charge is 0.351 e. The fourth-order valence-electron chi connectivity index (χ4n) is 2.40. The first kappa shape index (κ1) is 13.3. The van der Waals surface area contributed by atoms with E-state index in [0.717, 1.165) is 24.6 Å². The van der Waals surface area contributed by atoms with Crippen molar-refractivity contribution >= 4 is 29.4 Å². The van der Waals surface area contributed by atoms with E-state index in [0.29, 0.717) is 6.54 Å². The maximum Gasteiger partial charge on any atom is 0.234 e. The summed E-state index contributed by atoms with van der Waals surface area (Å²) in [5, 5.41) is 6.54. The SMILES string of the molecule is O=C(NCc1ccc2c(c1)CNC2)C1CSCCS1. The van der Waals surface area contributed by atoms with E-state index in [1.165, 1.54) is 22.4 Å². The number of hydrogen-bond acceptors (Lipinski definition) is 4. The minimum atomic E-state index is 0.134. The van der Waals surface area contributed by atoms with Gasteiger partial charge >= 0.3 is 0 Å². The molecule has 1 amide bonds. The number of rotatable bonds is 3. The molecule has 2 heterocycles. The molecule has 1 fully saturated rings. The standard InChI is InChI=1S/C14H18N2OS2/c17-14(13-9-18-3-4-19-13)16-6-10-1-2-11-7-15-8-12(11)5-10/h1-2,5,13,15H,3-4,6-9H2,(H,16,17). The van der Waals surface area contributed by atoms with Gasteiger partial charge in [-0.25, -0.2) is 0 Å². The first-order valence-corrected chi connectivity index (χ1v) is 8.82. The molecule has 0 spiro atoms. The van der Waals surface area contributed by atoms with E-state index in [9.17, 15) is 4.79 Å². The first-order chi connectivity index (χ1) is 9.33. The average Bonchev–Trinajstić information content (AvgIpc) is 2.93. The molecule has 0 saturated carbocycles. The van der Waals surface area contributed by atoms with E-state index in [4.69, 9.17) is 0 Å². The highest BCUT2D eigenvalue weighted by Crippen LogP contribution is 2.24. The Hall–Kier alpha value is -0.650. The molecule has 2 aliphatic heterocycles. The molecule has 0 aromatic heterocycles. The van der Waals surface area contributed by atoms with Crippen LogP contribution in [0.2, 0.25) is 0 Å². The molecule has 0 radical (unpaired) electrons. The molecule has 1 saturated heterocycles. The third kappa shape index (κ3) is 3.27. The summed E-state index contributed by atoms with van der Waals surface area (Å²) in [6.07, 6.45) is 0. The van der Waals surface area contributed by atoms with Crippen molar-refractivity contribution in [2.45, 2.75) is 24.9 Å². The van der Waals surface area contributed by atoms with Crippen LogP contribution < -0.4 is 10.6 Å². The average molecular weight is 294 g/mol. The molecule has 1 unspecified atom stereocenters. The van der Waals surface area contributed by atoms with E-state index in [-0.39, 0.29) is 11.2 Å². The lowest BCUT2D eigenvalue weighted by atomic mass is 10.1. The van der Waals surface area contributed by atoms with Crippen molar-refractivity contribution in [1.29, 1.82) is 0 Å². The monoisotopic (exact) mass is 294 g/mol. The summed E-state index contributed by atoms with van der Waals surface area (Å²) in [5.74, 6) is 3.40. The van der Waals surface area contributed by atoms with Gasteiger partial charge in [-0.1, -0.05) is 18.2 Å². The number of benzene rings is 1. The van der Waals surface area contributed by atoms with Crippen LogP contribution in [0.15, 0.2) is 18.2 Å². The molecular weight excluding hydrogens is 276 g/mol. The zero-order valence-electron chi connectivity index (χ0n) is 10.8. The molecule has 0 aliphatic carbocycles. The maximum absolute atomic E-state index is 12.0. The molecule has 5 heteroatoms. The second kappa shape index (κ2) is 6.20. The van der Waals surface area contributed by atoms with Gasteiger partial charge in [0.15, 0.2) is 0 Å². The zero-order chi connectivity index (χ0) is 13.1. The molecule has 102 valence electrons. The number of hydrogen-bond donors (Lipinski definition) is 2. The van der Waals surface area contributed by atoms with Gasteiger partial charge in [0.25, 0.3) is 0 Å². The molecule has 1 aromatic carbocycles. The summed E-state index contributed by atoms with van der Waals surface area (Å²) in [6, 6.07) is 6.50. The Labute approximate surface area is 122 Å². The van der Waals surface area contributed by atoms with Gasteiger partial charge in [0.2, 0.25) is 5.91 Å². The van der Waals surface area contributed by atoms with Gasteiger partial charge in [-0.05, 0) is 16.7 Å². The summed E-state index contributed by atoms with van der Waals surface area (Å²) < 4.78 is 0. The Balaban J connectivity index is 1.55. The number of carbonyl (C=O) groups is 1. The number of carbonyl (C=O) groups excluding carboxylic acids is 1. The van der Waals surface area contributed by atoms with Crippen LogP contribution in [0.1, 0.15) is 16.7 Å². The Kier molecular flexibility index (Phi) is 4.35. The quantitative estimate of drug-likeness (QED) is 0.891. The molecule has 3 rings (SSSR count). The second-order valence-corrected chi connectivity index (χ2v) is 7.32. The highest BCUT2D eigenvalue weighted by molar-refractivity contribution is 8.07. The molecule has 1 atom stereocenters. The Morgan fingerprint density at radius 3 is 3.05 bits per heavy atom. The van der Waals surface area contributed by atoms with Crippen LogP contribution in [0.5, 0.6) is 0 Å². The van der Waals surface area contributed by atoms with Crippen LogP contribution >= 0.6 is 23.5 Å². The van der Waals surface area contributed by atoms with Crippen molar-refractivity contribution in [2.24, 2.45) is 0 Å². The van der Waals surface area contributed by atoms with Gasteiger partial charge in [0, 0.05) is 36.9 Å². The molecular formula is C14H18N2OS2. The molecule has 1 aromatic rings. The molecule has 19 heavy (non-hydrogen) atoms. The third-order valence-corrected chi connectivity index (χ3v) is 6.23. The van der Waals surface area contributed by atoms with Crippen molar-refractivity contribution in [3.63, 3.8) is 0 Å². The fraction of sp³-hybridized carbons (Fsp3) is 0.500. The topological polar surface area (TPSA) is 41.1 Å². The summed E-state index contributed by atoms with van der Waals surface area (Å²) in [4.78, 5) is 12.0. The predicted molar refractivity (Wildman–Crippen MR) is 82.4 cm³/mol. The van der Waals surface area contributed by atoms with E-state index < -0.39 is 0 Å². The van der Waals surface area contributed by atoms with E-state index >= 15 is 0 Å². The van der Waals surface area contributed by atoms with Crippen molar-refractivity contribution in [1.82, 2.24) is 10.6 Å². The van der Waals surface area contributed by atoms with Crippen LogP contribution in [-0.2, 0) is 24.4 Å². The van der Waals surface area contributed by atoms with Crippen LogP contribution in [-0.4, -0.2) is 28.4 Å². The van der Waals surface area contributed by atoms with E-state index in [1.807, 2.05) is 11.8 Å².